The minimum Gasteiger partial charge on any atom is -0.337 e. The molecule has 0 radical (unpaired) electrons. The van der Waals surface area contributed by atoms with Crippen molar-refractivity contribution in [1.29, 1.82) is 5.26 Å². The predicted octanol–water partition coefficient (Wildman–Crippen LogP) is 0.669. The minimum absolute atomic E-state index is 0.0632. The van der Waals surface area contributed by atoms with Gasteiger partial charge in [0.05, 0.1) is 24.0 Å². The average Bonchev–Trinajstić information content (AvgIpc) is 2.52. The van der Waals surface area contributed by atoms with Crippen LogP contribution in [-0.4, -0.2) is 16.1 Å². The molecule has 70 valence electrons. The number of nitriles is 1. The molecule has 0 aromatic carbocycles. The fourth-order valence-corrected chi connectivity index (χ4v) is 1.02. The summed E-state index contributed by atoms with van der Waals surface area (Å²) < 4.78 is 1.96. The summed E-state index contributed by atoms with van der Waals surface area (Å²) in [5.74, 6) is 0.0632. The molecule has 13 heavy (non-hydrogen) atoms. The lowest BCUT2D eigenvalue weighted by Crippen LogP contribution is -2.20. The summed E-state index contributed by atoms with van der Waals surface area (Å²) in [4.78, 5) is 4.00. The molecule has 1 aromatic rings. The summed E-state index contributed by atoms with van der Waals surface area (Å²) in [7, 11) is 1.96. The number of aromatic nitrogens is 2. The van der Waals surface area contributed by atoms with E-state index < -0.39 is 0 Å². The van der Waals surface area contributed by atoms with Crippen LogP contribution in [0.5, 0.6) is 0 Å². The standard InChI is InChI=1S/C9H14N4/c1-8(3-10)4-11-5-9-6-12-7-13(9)2/h6-8,11H,4-5H2,1-2H3. The van der Waals surface area contributed by atoms with Crippen molar-refractivity contribution in [2.75, 3.05) is 6.54 Å². The van der Waals surface area contributed by atoms with Gasteiger partial charge in [0.2, 0.25) is 0 Å². The first-order valence-electron chi connectivity index (χ1n) is 4.29. The second-order valence-electron chi connectivity index (χ2n) is 3.16. The van der Waals surface area contributed by atoms with E-state index in [1.807, 2.05) is 24.7 Å². The number of nitrogens with one attached hydrogen (secondary N) is 1. The first-order valence-corrected chi connectivity index (χ1v) is 4.29. The third-order valence-corrected chi connectivity index (χ3v) is 1.89. The van der Waals surface area contributed by atoms with Crippen LogP contribution in [0.3, 0.4) is 0 Å². The molecule has 4 heteroatoms. The molecule has 1 rings (SSSR count). The Morgan fingerprint density at radius 2 is 2.54 bits per heavy atom. The van der Waals surface area contributed by atoms with Crippen LogP contribution in [0.4, 0.5) is 0 Å². The third-order valence-electron chi connectivity index (χ3n) is 1.89. The van der Waals surface area contributed by atoms with Gasteiger partial charge in [0.25, 0.3) is 0 Å². The highest BCUT2D eigenvalue weighted by atomic mass is 15.0. The Balaban J connectivity index is 2.29. The highest BCUT2D eigenvalue weighted by Crippen LogP contribution is 1.96. The van der Waals surface area contributed by atoms with E-state index in [1.165, 1.54) is 0 Å². The van der Waals surface area contributed by atoms with E-state index >= 15 is 0 Å². The second-order valence-corrected chi connectivity index (χ2v) is 3.16. The SMILES string of the molecule is CC(C#N)CNCc1cncn1C. The number of aryl methyl sites for hydroxylation is 1. The molecule has 0 saturated heterocycles. The second kappa shape index (κ2) is 4.63. The van der Waals surface area contributed by atoms with Crippen LogP contribution in [0.1, 0.15) is 12.6 Å². The average molecular weight is 178 g/mol. The fourth-order valence-electron chi connectivity index (χ4n) is 1.02. The first-order chi connectivity index (χ1) is 6.24. The van der Waals surface area contributed by atoms with Gasteiger partial charge in [-0.05, 0) is 6.92 Å². The molecule has 0 amide bonds. The van der Waals surface area contributed by atoms with Gasteiger partial charge in [0, 0.05) is 26.3 Å². The van der Waals surface area contributed by atoms with Crippen molar-refractivity contribution in [3.05, 3.63) is 18.2 Å². The van der Waals surface area contributed by atoms with Crippen molar-refractivity contribution in [2.45, 2.75) is 13.5 Å². The fraction of sp³-hybridized carbons (Fsp3) is 0.556. The van der Waals surface area contributed by atoms with Crippen molar-refractivity contribution in [2.24, 2.45) is 13.0 Å². The molecule has 4 nitrogen and oxygen atoms in total. The minimum atomic E-state index is 0.0632. The number of nitrogens with zero attached hydrogens (tertiary/aromatic N) is 3. The van der Waals surface area contributed by atoms with Gasteiger partial charge in [-0.3, -0.25) is 0 Å². The Morgan fingerprint density at radius 3 is 3.08 bits per heavy atom. The van der Waals surface area contributed by atoms with Gasteiger partial charge in [-0.1, -0.05) is 0 Å². The molecule has 0 aliphatic rings. The van der Waals surface area contributed by atoms with Crippen LogP contribution in [0.2, 0.25) is 0 Å². The zero-order valence-electron chi connectivity index (χ0n) is 7.99. The Kier molecular flexibility index (Phi) is 3.47. The maximum atomic E-state index is 8.54. The largest absolute Gasteiger partial charge is 0.337 e. The molecular formula is C9H14N4. The Hall–Kier alpha value is -1.34. The molecule has 1 N–H and O–H groups in total. The monoisotopic (exact) mass is 178 g/mol. The van der Waals surface area contributed by atoms with Gasteiger partial charge in [-0.2, -0.15) is 5.26 Å². The molecule has 0 aliphatic carbocycles. The molecular weight excluding hydrogens is 164 g/mol. The maximum absolute atomic E-state index is 8.54. The Bertz CT molecular complexity index is 297. The van der Waals surface area contributed by atoms with E-state index in [0.29, 0.717) is 0 Å². The molecule has 1 aromatic heterocycles. The van der Waals surface area contributed by atoms with Crippen molar-refractivity contribution in [3.8, 4) is 6.07 Å². The van der Waals surface area contributed by atoms with Gasteiger partial charge in [0.1, 0.15) is 0 Å². The Labute approximate surface area is 78.2 Å². The molecule has 1 unspecified atom stereocenters. The number of rotatable bonds is 4. The van der Waals surface area contributed by atoms with Crippen LogP contribution >= 0.6 is 0 Å². The van der Waals surface area contributed by atoms with Crippen LogP contribution in [0, 0.1) is 17.2 Å². The zero-order valence-corrected chi connectivity index (χ0v) is 7.99. The smallest absolute Gasteiger partial charge is 0.0945 e. The van der Waals surface area contributed by atoms with Gasteiger partial charge >= 0.3 is 0 Å². The molecule has 0 aliphatic heterocycles. The highest BCUT2D eigenvalue weighted by molar-refractivity contribution is 4.96. The first kappa shape index (κ1) is 9.75. The summed E-state index contributed by atoms with van der Waals surface area (Å²) in [5.41, 5.74) is 1.13. The summed E-state index contributed by atoms with van der Waals surface area (Å²) in [6, 6.07) is 2.17. The molecule has 0 bridgehead atoms. The predicted molar refractivity (Wildman–Crippen MR) is 49.7 cm³/mol. The third kappa shape index (κ3) is 2.88. The lowest BCUT2D eigenvalue weighted by atomic mass is 10.2. The zero-order chi connectivity index (χ0) is 9.68. The van der Waals surface area contributed by atoms with Crippen LogP contribution in [0.15, 0.2) is 12.5 Å². The summed E-state index contributed by atoms with van der Waals surface area (Å²) in [5, 5.41) is 11.7. The topological polar surface area (TPSA) is 53.6 Å². The Morgan fingerprint density at radius 1 is 1.77 bits per heavy atom. The van der Waals surface area contributed by atoms with Crippen molar-refractivity contribution < 1.29 is 0 Å². The highest BCUT2D eigenvalue weighted by Gasteiger charge is 2.00. The summed E-state index contributed by atoms with van der Waals surface area (Å²) in [6.07, 6.45) is 3.59. The summed E-state index contributed by atoms with van der Waals surface area (Å²) >= 11 is 0. The van der Waals surface area contributed by atoms with Crippen molar-refractivity contribution in [1.82, 2.24) is 14.9 Å². The van der Waals surface area contributed by atoms with Crippen molar-refractivity contribution >= 4 is 0 Å². The van der Waals surface area contributed by atoms with Gasteiger partial charge in [-0.15, -0.1) is 0 Å². The van der Waals surface area contributed by atoms with Crippen molar-refractivity contribution in [3.63, 3.8) is 0 Å². The van der Waals surface area contributed by atoms with Crippen LogP contribution in [0.25, 0.3) is 0 Å². The van der Waals surface area contributed by atoms with E-state index in [9.17, 15) is 0 Å². The number of hydrogen-bond acceptors (Lipinski definition) is 3. The van der Waals surface area contributed by atoms with Gasteiger partial charge in [-0.25, -0.2) is 4.98 Å². The van der Waals surface area contributed by atoms with Gasteiger partial charge in [0.15, 0.2) is 0 Å². The lowest BCUT2D eigenvalue weighted by Gasteiger charge is -2.05. The van der Waals surface area contributed by atoms with Crippen LogP contribution in [-0.2, 0) is 13.6 Å². The molecule has 1 atom stereocenters. The molecule has 0 spiro atoms. The van der Waals surface area contributed by atoms with E-state index in [-0.39, 0.29) is 5.92 Å². The summed E-state index contributed by atoms with van der Waals surface area (Å²) in [6.45, 7) is 3.39. The number of imidazole rings is 1. The van der Waals surface area contributed by atoms with E-state index in [4.69, 9.17) is 5.26 Å². The molecule has 0 saturated carbocycles. The van der Waals surface area contributed by atoms with Crippen LogP contribution < -0.4 is 5.32 Å². The van der Waals surface area contributed by atoms with Gasteiger partial charge < -0.3 is 9.88 Å². The van der Waals surface area contributed by atoms with E-state index in [1.54, 1.807) is 6.33 Å². The van der Waals surface area contributed by atoms with E-state index in [2.05, 4.69) is 16.4 Å². The maximum Gasteiger partial charge on any atom is 0.0945 e. The quantitative estimate of drug-likeness (QED) is 0.737. The molecule has 1 heterocycles. The molecule has 0 fully saturated rings. The lowest BCUT2D eigenvalue weighted by molar-refractivity contribution is 0.585. The number of hydrogen-bond donors (Lipinski definition) is 1. The normalized spacial score (nSPS) is 12.4. The van der Waals surface area contributed by atoms with E-state index in [0.717, 1.165) is 18.8 Å².